The van der Waals surface area contributed by atoms with Gasteiger partial charge in [0.05, 0.1) is 55.5 Å². The first-order valence-corrected chi connectivity index (χ1v) is 15.0. The number of para-hydroxylation sites is 6. The molecule has 0 aliphatic carbocycles. The highest BCUT2D eigenvalue weighted by molar-refractivity contribution is 5.95. The van der Waals surface area contributed by atoms with E-state index in [0.29, 0.717) is 5.92 Å². The van der Waals surface area contributed by atoms with Crippen molar-refractivity contribution in [2.75, 3.05) is 0 Å². The Morgan fingerprint density at radius 2 is 1.02 bits per heavy atom. The van der Waals surface area contributed by atoms with Gasteiger partial charge in [-0.05, 0) is 85.0 Å². The second-order valence-corrected chi connectivity index (χ2v) is 12.0. The van der Waals surface area contributed by atoms with Crippen molar-refractivity contribution in [1.82, 2.24) is 27.9 Å². The fraction of sp³-hybridized carbons (Fsp3) is 0.135. The predicted octanol–water partition coefficient (Wildman–Crippen LogP) is 8.68. The van der Waals surface area contributed by atoms with E-state index in [1.807, 2.05) is 0 Å². The summed E-state index contributed by atoms with van der Waals surface area (Å²) < 4.78 is 9.18. The summed E-state index contributed by atoms with van der Waals surface area (Å²) in [6.45, 7) is 6.66. The molecule has 0 saturated heterocycles. The summed E-state index contributed by atoms with van der Waals surface area (Å²) in [7, 11) is 0. The lowest BCUT2D eigenvalue weighted by atomic mass is 10.0. The molecule has 0 aliphatic rings. The van der Waals surface area contributed by atoms with Crippen molar-refractivity contribution in [2.24, 2.45) is 5.92 Å². The lowest BCUT2D eigenvalue weighted by Gasteiger charge is -2.10. The van der Waals surface area contributed by atoms with Crippen molar-refractivity contribution in [1.29, 1.82) is 0 Å². The van der Waals surface area contributed by atoms with Crippen molar-refractivity contribution in [3.05, 3.63) is 120 Å². The van der Waals surface area contributed by atoms with Gasteiger partial charge in [-0.25, -0.2) is 9.97 Å². The van der Waals surface area contributed by atoms with Gasteiger partial charge in [-0.1, -0.05) is 68.4 Å². The van der Waals surface area contributed by atoms with E-state index in [9.17, 15) is 0 Å². The second-order valence-electron chi connectivity index (χ2n) is 12.0. The summed E-state index contributed by atoms with van der Waals surface area (Å²) in [5, 5.41) is 0. The highest BCUT2D eigenvalue weighted by Gasteiger charge is 2.21. The Bertz CT molecular complexity index is 2530. The van der Waals surface area contributed by atoms with Crippen LogP contribution in [-0.4, -0.2) is 27.9 Å². The molecular weight excluding hydrogens is 528 g/mol. The first-order valence-electron chi connectivity index (χ1n) is 15.0. The molecular formula is C37H30N6. The van der Waals surface area contributed by atoms with Crippen molar-refractivity contribution in [2.45, 2.75) is 27.2 Å². The van der Waals surface area contributed by atoms with Gasteiger partial charge in [0.25, 0.3) is 0 Å². The monoisotopic (exact) mass is 558 g/mol. The molecule has 0 N–H and O–H groups in total. The molecule has 0 unspecified atom stereocenters. The third-order valence-corrected chi connectivity index (χ3v) is 8.72. The lowest BCUT2D eigenvalue weighted by Crippen LogP contribution is -2.00. The molecule has 9 rings (SSSR count). The molecule has 43 heavy (non-hydrogen) atoms. The van der Waals surface area contributed by atoms with E-state index in [0.717, 1.165) is 73.5 Å². The van der Waals surface area contributed by atoms with Crippen LogP contribution in [0.1, 0.15) is 25.0 Å². The van der Waals surface area contributed by atoms with Gasteiger partial charge in [0, 0.05) is 0 Å². The molecule has 0 saturated carbocycles. The van der Waals surface area contributed by atoms with E-state index < -0.39 is 0 Å². The third-order valence-electron chi connectivity index (χ3n) is 8.72. The van der Waals surface area contributed by atoms with Crippen LogP contribution < -0.4 is 0 Å². The topological polar surface area (TPSA) is 44.5 Å². The molecule has 9 aromatic rings. The Balaban J connectivity index is 1.34. The van der Waals surface area contributed by atoms with Crippen LogP contribution in [0.5, 0.6) is 0 Å². The van der Waals surface area contributed by atoms with Crippen LogP contribution in [0, 0.1) is 12.8 Å². The predicted molar refractivity (Wildman–Crippen MR) is 176 cm³/mol. The van der Waals surface area contributed by atoms with Gasteiger partial charge >= 0.3 is 0 Å². The number of hydrogen-bond donors (Lipinski definition) is 0. The Labute approximate surface area is 248 Å². The normalized spacial score (nSPS) is 12.4. The highest BCUT2D eigenvalue weighted by atomic mass is 15.2. The quantitative estimate of drug-likeness (QED) is 0.217. The van der Waals surface area contributed by atoms with E-state index in [1.54, 1.807) is 0 Å². The average molecular weight is 559 g/mol. The van der Waals surface area contributed by atoms with Crippen molar-refractivity contribution in [3.8, 4) is 11.4 Å². The van der Waals surface area contributed by atoms with E-state index in [1.165, 1.54) is 11.1 Å². The van der Waals surface area contributed by atoms with Crippen LogP contribution >= 0.6 is 0 Å². The SMILES string of the molecule is Cc1cccc2c1nc1n(-c3cccc(-n4c5ccccc5n5c6cccc(CC(C)C)c6nc45)c3)c3ccccc3n21. The van der Waals surface area contributed by atoms with Crippen LogP contribution in [0.15, 0.2) is 109 Å². The standard InChI is InChI=1S/C37H30N6/c1-23(2)21-25-12-9-20-33-35(25)39-37-41(29-16-5-7-18-31(29)43(33)37)27-14-10-13-26(22-27)40-28-15-4-6-17-30(28)42-32-19-8-11-24(3)34(32)38-36(40)42/h4-20,22-23H,21H2,1-3H3. The van der Waals surface area contributed by atoms with E-state index in [-0.39, 0.29) is 0 Å². The van der Waals surface area contributed by atoms with Gasteiger partial charge in [0.1, 0.15) is 0 Å². The molecule has 0 spiro atoms. The molecule has 0 fully saturated rings. The van der Waals surface area contributed by atoms with Crippen LogP contribution in [-0.2, 0) is 6.42 Å². The molecule has 4 aromatic heterocycles. The first kappa shape index (κ1) is 24.3. The maximum Gasteiger partial charge on any atom is 0.220 e. The molecule has 208 valence electrons. The molecule has 6 nitrogen and oxygen atoms in total. The maximum atomic E-state index is 5.32. The van der Waals surface area contributed by atoms with Crippen LogP contribution in [0.4, 0.5) is 0 Å². The lowest BCUT2D eigenvalue weighted by molar-refractivity contribution is 0.649. The second kappa shape index (κ2) is 8.82. The number of nitrogens with zero attached hydrogens (tertiary/aromatic N) is 6. The molecule has 4 heterocycles. The van der Waals surface area contributed by atoms with Crippen LogP contribution in [0.3, 0.4) is 0 Å². The number of rotatable bonds is 4. The molecule has 0 amide bonds. The summed E-state index contributed by atoms with van der Waals surface area (Å²) in [6.07, 6.45) is 1.000. The van der Waals surface area contributed by atoms with Crippen LogP contribution in [0.25, 0.3) is 67.1 Å². The van der Waals surface area contributed by atoms with E-state index in [4.69, 9.17) is 9.97 Å². The van der Waals surface area contributed by atoms with Gasteiger partial charge in [0.2, 0.25) is 11.6 Å². The number of aromatic nitrogens is 6. The zero-order valence-electron chi connectivity index (χ0n) is 24.4. The summed E-state index contributed by atoms with van der Waals surface area (Å²) in [4.78, 5) is 10.5. The van der Waals surface area contributed by atoms with Gasteiger partial charge < -0.3 is 0 Å². The minimum Gasteiger partial charge on any atom is -0.278 e. The fourth-order valence-corrected chi connectivity index (χ4v) is 6.93. The molecule has 0 bridgehead atoms. The van der Waals surface area contributed by atoms with Crippen molar-refractivity contribution in [3.63, 3.8) is 0 Å². The van der Waals surface area contributed by atoms with Crippen molar-refractivity contribution >= 4 is 55.7 Å². The molecule has 5 aromatic carbocycles. The number of imidazole rings is 4. The van der Waals surface area contributed by atoms with Crippen molar-refractivity contribution < 1.29 is 0 Å². The Morgan fingerprint density at radius 1 is 0.535 bits per heavy atom. The van der Waals surface area contributed by atoms with Crippen LogP contribution in [0.2, 0.25) is 0 Å². The van der Waals surface area contributed by atoms with Gasteiger partial charge in [-0.2, -0.15) is 0 Å². The number of fused-ring (bicyclic) bond motifs is 10. The maximum absolute atomic E-state index is 5.32. The molecule has 0 radical (unpaired) electrons. The van der Waals surface area contributed by atoms with E-state index in [2.05, 4.69) is 148 Å². The first-order chi connectivity index (χ1) is 21.1. The van der Waals surface area contributed by atoms with Gasteiger partial charge in [-0.3, -0.25) is 17.9 Å². The smallest absolute Gasteiger partial charge is 0.220 e. The number of hydrogen-bond acceptors (Lipinski definition) is 2. The Morgan fingerprint density at radius 3 is 1.63 bits per heavy atom. The van der Waals surface area contributed by atoms with E-state index >= 15 is 0 Å². The number of aryl methyl sites for hydroxylation is 1. The average Bonchev–Trinajstić information content (AvgIpc) is 3.74. The third kappa shape index (κ3) is 3.35. The molecule has 0 aliphatic heterocycles. The molecule has 6 heteroatoms. The summed E-state index contributed by atoms with van der Waals surface area (Å²) in [5.41, 5.74) is 13.5. The Hall–Kier alpha value is -5.36. The zero-order chi connectivity index (χ0) is 28.8. The zero-order valence-corrected chi connectivity index (χ0v) is 24.4. The summed E-state index contributed by atoms with van der Waals surface area (Å²) >= 11 is 0. The largest absolute Gasteiger partial charge is 0.278 e. The van der Waals surface area contributed by atoms with Gasteiger partial charge in [-0.15, -0.1) is 0 Å². The Kier molecular flexibility index (Phi) is 4.98. The summed E-state index contributed by atoms with van der Waals surface area (Å²) in [6, 6.07) is 38.9. The minimum atomic E-state index is 0.554. The minimum absolute atomic E-state index is 0.554. The van der Waals surface area contributed by atoms with Gasteiger partial charge in [0.15, 0.2) is 0 Å². The fourth-order valence-electron chi connectivity index (χ4n) is 6.93. The summed E-state index contributed by atoms with van der Waals surface area (Å²) in [5.74, 6) is 2.39. The molecule has 0 atom stereocenters. The number of benzene rings is 5. The highest BCUT2D eigenvalue weighted by Crippen LogP contribution is 2.34.